The first-order valence-corrected chi connectivity index (χ1v) is 10.4. The van der Waals surface area contributed by atoms with Crippen LogP contribution < -0.4 is 10.6 Å². The van der Waals surface area contributed by atoms with E-state index in [1.165, 1.54) is 0 Å². The number of thioether (sulfide) groups is 1. The van der Waals surface area contributed by atoms with Crippen LogP contribution in [-0.2, 0) is 16.6 Å². The molecule has 0 saturated carbocycles. The van der Waals surface area contributed by atoms with E-state index >= 15 is 0 Å². The first-order chi connectivity index (χ1) is 11.1. The fourth-order valence-electron chi connectivity index (χ4n) is 2.25. The van der Waals surface area contributed by atoms with Gasteiger partial charge >= 0.3 is 0 Å². The van der Waals surface area contributed by atoms with Gasteiger partial charge in [-0.15, -0.1) is 24.0 Å². The van der Waals surface area contributed by atoms with Crippen molar-refractivity contribution in [3.05, 3.63) is 35.9 Å². The normalized spacial score (nSPS) is 16.3. The predicted molar refractivity (Wildman–Crippen MR) is 113 cm³/mol. The lowest BCUT2D eigenvalue weighted by molar-refractivity contribution is 0.443. The molecule has 0 aliphatic carbocycles. The van der Waals surface area contributed by atoms with E-state index in [4.69, 9.17) is 0 Å². The quantitative estimate of drug-likeness (QED) is 0.363. The Kier molecular flexibility index (Phi) is 10.0. The summed E-state index contributed by atoms with van der Waals surface area (Å²) < 4.78 is 26.1. The third kappa shape index (κ3) is 7.16. The molecule has 1 heterocycles. The lowest BCUT2D eigenvalue weighted by atomic mass is 10.2. The number of nitrogens with zero attached hydrogens (tertiary/aromatic N) is 2. The summed E-state index contributed by atoms with van der Waals surface area (Å²) in [5.41, 5.74) is 1.15. The first kappa shape index (κ1) is 21.5. The third-order valence-corrected chi connectivity index (χ3v) is 6.36. The van der Waals surface area contributed by atoms with E-state index in [2.05, 4.69) is 15.6 Å². The van der Waals surface area contributed by atoms with Crippen LogP contribution in [0, 0.1) is 0 Å². The molecule has 2 N–H and O–H groups in total. The largest absolute Gasteiger partial charge is 0.355 e. The predicted octanol–water partition coefficient (Wildman–Crippen LogP) is 1.35. The molecular weight excluding hydrogens is 459 g/mol. The molecule has 0 unspecified atom stereocenters. The van der Waals surface area contributed by atoms with Crippen LogP contribution in [0.2, 0.25) is 0 Å². The zero-order valence-corrected chi connectivity index (χ0v) is 17.7. The molecule has 1 fully saturated rings. The summed E-state index contributed by atoms with van der Waals surface area (Å²) in [6, 6.07) is 9.99. The molecule has 1 aromatic carbocycles. The van der Waals surface area contributed by atoms with Gasteiger partial charge in [-0.05, 0) is 5.56 Å². The molecule has 24 heavy (non-hydrogen) atoms. The summed E-state index contributed by atoms with van der Waals surface area (Å²) in [7, 11) is -1.50. The molecule has 6 nitrogen and oxygen atoms in total. The Morgan fingerprint density at radius 3 is 2.50 bits per heavy atom. The van der Waals surface area contributed by atoms with Gasteiger partial charge in [-0.1, -0.05) is 30.3 Å². The Balaban J connectivity index is 0.00000288. The number of aliphatic imine (C=N–C) groups is 1. The molecule has 0 spiro atoms. The molecule has 1 aromatic rings. The van der Waals surface area contributed by atoms with Crippen molar-refractivity contribution in [2.45, 2.75) is 6.54 Å². The van der Waals surface area contributed by atoms with Gasteiger partial charge in [-0.3, -0.25) is 4.99 Å². The highest BCUT2D eigenvalue weighted by atomic mass is 127. The van der Waals surface area contributed by atoms with Crippen LogP contribution in [0.4, 0.5) is 0 Å². The van der Waals surface area contributed by atoms with E-state index in [0.29, 0.717) is 32.1 Å². The number of benzene rings is 1. The van der Waals surface area contributed by atoms with Crippen molar-refractivity contribution >= 4 is 51.7 Å². The van der Waals surface area contributed by atoms with E-state index in [9.17, 15) is 8.42 Å². The van der Waals surface area contributed by atoms with Gasteiger partial charge in [0, 0.05) is 44.7 Å². The summed E-state index contributed by atoms with van der Waals surface area (Å²) in [4.78, 5) is 4.12. The van der Waals surface area contributed by atoms with Crippen LogP contribution in [0.3, 0.4) is 0 Å². The maximum absolute atomic E-state index is 12.3. The minimum atomic E-state index is -3.18. The van der Waals surface area contributed by atoms with Crippen LogP contribution >= 0.6 is 35.7 Å². The van der Waals surface area contributed by atoms with Crippen LogP contribution in [0.25, 0.3) is 0 Å². The first-order valence-electron chi connectivity index (χ1n) is 7.66. The van der Waals surface area contributed by atoms with E-state index in [1.54, 1.807) is 23.1 Å². The maximum Gasteiger partial charge on any atom is 0.215 e. The summed E-state index contributed by atoms with van der Waals surface area (Å²) in [6.45, 7) is 2.24. The molecule has 0 atom stereocenters. The number of halogens is 1. The Bertz CT molecular complexity index is 605. The SMILES string of the molecule is CN=C(NCCS(=O)(=O)N1CCSCC1)NCc1ccccc1.I. The highest BCUT2D eigenvalue weighted by molar-refractivity contribution is 14.0. The molecule has 1 aliphatic heterocycles. The smallest absolute Gasteiger partial charge is 0.215 e. The highest BCUT2D eigenvalue weighted by Gasteiger charge is 2.23. The zero-order valence-electron chi connectivity index (χ0n) is 13.8. The summed E-state index contributed by atoms with van der Waals surface area (Å²) in [5, 5.41) is 6.24. The van der Waals surface area contributed by atoms with Crippen LogP contribution in [0.5, 0.6) is 0 Å². The summed E-state index contributed by atoms with van der Waals surface area (Å²) >= 11 is 1.80. The number of hydrogen-bond acceptors (Lipinski definition) is 4. The second kappa shape index (κ2) is 11.2. The molecule has 2 rings (SSSR count). The average Bonchev–Trinajstić information content (AvgIpc) is 2.59. The molecular formula is C15H25IN4O2S2. The van der Waals surface area contributed by atoms with Gasteiger partial charge in [0.25, 0.3) is 0 Å². The lowest BCUT2D eigenvalue weighted by Crippen LogP contribution is -2.44. The van der Waals surface area contributed by atoms with Crippen LogP contribution in [0.15, 0.2) is 35.3 Å². The van der Waals surface area contributed by atoms with Gasteiger partial charge in [-0.25, -0.2) is 12.7 Å². The molecule has 0 amide bonds. The number of guanidine groups is 1. The minimum absolute atomic E-state index is 0. The molecule has 0 aromatic heterocycles. The Hall–Kier alpha value is -0.520. The van der Waals surface area contributed by atoms with E-state index in [0.717, 1.165) is 17.1 Å². The average molecular weight is 484 g/mol. The van der Waals surface area contributed by atoms with E-state index in [1.807, 2.05) is 30.3 Å². The number of rotatable bonds is 6. The zero-order chi connectivity index (χ0) is 16.5. The van der Waals surface area contributed by atoms with Crippen LogP contribution in [-0.4, -0.2) is 62.6 Å². The monoisotopic (exact) mass is 484 g/mol. The number of sulfonamides is 1. The standard InChI is InChI=1S/C15H24N4O2S2.HI/c1-16-15(18-13-14-5-3-2-4-6-14)17-7-12-23(20,21)19-8-10-22-11-9-19;/h2-6H,7-13H2,1H3,(H2,16,17,18);1H. The topological polar surface area (TPSA) is 73.8 Å². The summed E-state index contributed by atoms with van der Waals surface area (Å²) in [6.07, 6.45) is 0. The molecule has 1 saturated heterocycles. The van der Waals surface area contributed by atoms with Crippen molar-refractivity contribution in [2.24, 2.45) is 4.99 Å². The minimum Gasteiger partial charge on any atom is -0.355 e. The van der Waals surface area contributed by atoms with Gasteiger partial charge in [0.15, 0.2) is 5.96 Å². The van der Waals surface area contributed by atoms with Gasteiger partial charge < -0.3 is 10.6 Å². The Morgan fingerprint density at radius 2 is 1.88 bits per heavy atom. The molecule has 136 valence electrons. The number of hydrogen-bond donors (Lipinski definition) is 2. The molecule has 1 aliphatic rings. The highest BCUT2D eigenvalue weighted by Crippen LogP contribution is 2.12. The van der Waals surface area contributed by atoms with Gasteiger partial charge in [0.05, 0.1) is 5.75 Å². The Labute approximate surface area is 165 Å². The van der Waals surface area contributed by atoms with E-state index in [-0.39, 0.29) is 29.7 Å². The second-order valence-corrected chi connectivity index (χ2v) is 8.48. The van der Waals surface area contributed by atoms with E-state index < -0.39 is 10.0 Å². The molecule has 9 heteroatoms. The van der Waals surface area contributed by atoms with Crippen molar-refractivity contribution in [1.29, 1.82) is 0 Å². The Morgan fingerprint density at radius 1 is 1.21 bits per heavy atom. The third-order valence-electron chi connectivity index (χ3n) is 3.54. The fraction of sp³-hybridized carbons (Fsp3) is 0.533. The van der Waals surface area contributed by atoms with Gasteiger partial charge in [0.1, 0.15) is 0 Å². The van der Waals surface area contributed by atoms with Crippen molar-refractivity contribution in [1.82, 2.24) is 14.9 Å². The van der Waals surface area contributed by atoms with Gasteiger partial charge in [-0.2, -0.15) is 11.8 Å². The summed E-state index contributed by atoms with van der Waals surface area (Å²) in [5.74, 6) is 2.46. The maximum atomic E-state index is 12.3. The van der Waals surface area contributed by atoms with Crippen molar-refractivity contribution < 1.29 is 8.42 Å². The fourth-order valence-corrected chi connectivity index (χ4v) is 4.75. The van der Waals surface area contributed by atoms with Gasteiger partial charge in [0.2, 0.25) is 10.0 Å². The van der Waals surface area contributed by atoms with Crippen LogP contribution in [0.1, 0.15) is 5.56 Å². The lowest BCUT2D eigenvalue weighted by Gasteiger charge is -2.25. The molecule has 0 bridgehead atoms. The van der Waals surface area contributed by atoms with Crippen molar-refractivity contribution in [3.8, 4) is 0 Å². The van der Waals surface area contributed by atoms with Crippen molar-refractivity contribution in [2.75, 3.05) is 43.9 Å². The molecule has 0 radical (unpaired) electrons. The number of nitrogens with one attached hydrogen (secondary N) is 2. The van der Waals surface area contributed by atoms with Crippen molar-refractivity contribution in [3.63, 3.8) is 0 Å². The second-order valence-electron chi connectivity index (χ2n) is 5.17.